The molecule has 0 N–H and O–H groups in total. The molecule has 96 valence electrons. The summed E-state index contributed by atoms with van der Waals surface area (Å²) in [6.07, 6.45) is 3.86. The van der Waals surface area contributed by atoms with Crippen LogP contribution in [-0.4, -0.2) is 59.3 Å². The first-order chi connectivity index (χ1) is 8.18. The smallest absolute Gasteiger partial charge is 0.237 e. The van der Waals surface area contributed by atoms with Crippen LogP contribution in [0.5, 0.6) is 0 Å². The fourth-order valence-corrected chi connectivity index (χ4v) is 3.59. The van der Waals surface area contributed by atoms with Crippen LogP contribution in [0.3, 0.4) is 0 Å². The second-order valence-corrected chi connectivity index (χ2v) is 6.08. The Kier molecular flexibility index (Phi) is 4.31. The Morgan fingerprint density at radius 1 is 1.24 bits per heavy atom. The maximum Gasteiger partial charge on any atom is 0.237 e. The molecule has 17 heavy (non-hydrogen) atoms. The molecule has 4 nitrogen and oxygen atoms in total. The zero-order chi connectivity index (χ0) is 12.3. The van der Waals surface area contributed by atoms with Crippen LogP contribution in [0.2, 0.25) is 0 Å². The molecule has 2 amide bonds. The lowest BCUT2D eigenvalue weighted by molar-refractivity contribution is -0.133. The van der Waals surface area contributed by atoms with Gasteiger partial charge in [0.05, 0.1) is 0 Å². The Labute approximate surface area is 107 Å². The second kappa shape index (κ2) is 5.76. The van der Waals surface area contributed by atoms with Gasteiger partial charge in [0.2, 0.25) is 11.8 Å². The fraction of sp³-hybridized carbons (Fsp3) is 0.833. The summed E-state index contributed by atoms with van der Waals surface area (Å²) in [5.74, 6) is 1.39. The van der Waals surface area contributed by atoms with E-state index in [4.69, 9.17) is 0 Å². The van der Waals surface area contributed by atoms with E-state index < -0.39 is 0 Å². The highest BCUT2D eigenvalue weighted by atomic mass is 32.2. The molecule has 2 heterocycles. The zero-order valence-corrected chi connectivity index (χ0v) is 11.2. The van der Waals surface area contributed by atoms with Gasteiger partial charge in [-0.25, -0.2) is 0 Å². The van der Waals surface area contributed by atoms with E-state index >= 15 is 0 Å². The summed E-state index contributed by atoms with van der Waals surface area (Å²) >= 11 is 1.69. The quantitative estimate of drug-likeness (QED) is 0.739. The topological polar surface area (TPSA) is 40.6 Å². The van der Waals surface area contributed by atoms with E-state index in [1.807, 2.05) is 11.9 Å². The van der Waals surface area contributed by atoms with E-state index in [1.54, 1.807) is 16.7 Å². The van der Waals surface area contributed by atoms with Gasteiger partial charge in [-0.1, -0.05) is 6.42 Å². The minimum Gasteiger partial charge on any atom is -0.344 e. The minimum atomic E-state index is -0.0456. The van der Waals surface area contributed by atoms with Gasteiger partial charge in [-0.3, -0.25) is 9.59 Å². The highest BCUT2D eigenvalue weighted by molar-refractivity contribution is 8.00. The number of amides is 2. The largest absolute Gasteiger partial charge is 0.344 e. The predicted molar refractivity (Wildman–Crippen MR) is 68.9 cm³/mol. The van der Waals surface area contributed by atoms with Crippen molar-refractivity contribution in [3.05, 3.63) is 0 Å². The summed E-state index contributed by atoms with van der Waals surface area (Å²) in [4.78, 5) is 27.5. The molecular formula is C12H20N2O2S. The Bertz CT molecular complexity index is 309. The number of hydrogen-bond donors (Lipinski definition) is 0. The molecule has 0 radical (unpaired) electrons. The monoisotopic (exact) mass is 256 g/mol. The van der Waals surface area contributed by atoms with E-state index in [-0.39, 0.29) is 17.1 Å². The molecule has 1 unspecified atom stereocenters. The number of hydrogen-bond acceptors (Lipinski definition) is 3. The third kappa shape index (κ3) is 3.15. The van der Waals surface area contributed by atoms with Gasteiger partial charge in [0.25, 0.3) is 0 Å². The van der Waals surface area contributed by atoms with Crippen molar-refractivity contribution in [3.63, 3.8) is 0 Å². The summed E-state index contributed by atoms with van der Waals surface area (Å²) in [6.45, 7) is 2.26. The summed E-state index contributed by atoms with van der Waals surface area (Å²) in [5, 5.41) is -0.0456. The molecule has 0 spiro atoms. The van der Waals surface area contributed by atoms with Crippen molar-refractivity contribution >= 4 is 23.6 Å². The van der Waals surface area contributed by atoms with E-state index in [1.165, 1.54) is 0 Å². The van der Waals surface area contributed by atoms with Gasteiger partial charge < -0.3 is 9.80 Å². The van der Waals surface area contributed by atoms with Crippen LogP contribution in [0.15, 0.2) is 0 Å². The van der Waals surface area contributed by atoms with Crippen LogP contribution in [0, 0.1) is 0 Å². The van der Waals surface area contributed by atoms with Crippen molar-refractivity contribution in [2.45, 2.75) is 30.9 Å². The lowest BCUT2D eigenvalue weighted by atomic mass is 10.2. The van der Waals surface area contributed by atoms with Gasteiger partial charge in [0.1, 0.15) is 5.25 Å². The molecule has 5 heteroatoms. The molecule has 0 saturated carbocycles. The maximum absolute atomic E-state index is 12.0. The van der Waals surface area contributed by atoms with Gasteiger partial charge in [0, 0.05) is 38.9 Å². The Morgan fingerprint density at radius 2 is 2.06 bits per heavy atom. The van der Waals surface area contributed by atoms with Crippen molar-refractivity contribution in [1.82, 2.24) is 9.80 Å². The highest BCUT2D eigenvalue weighted by Crippen LogP contribution is 2.21. The van der Waals surface area contributed by atoms with E-state index in [2.05, 4.69) is 0 Å². The van der Waals surface area contributed by atoms with Crippen LogP contribution >= 0.6 is 11.8 Å². The molecule has 2 fully saturated rings. The summed E-state index contributed by atoms with van der Waals surface area (Å²) in [6, 6.07) is 0. The SMILES string of the molecule is CN1CCSC(CN2CCCCCC2=O)C1=O. The molecule has 0 aromatic heterocycles. The fourth-order valence-electron chi connectivity index (χ4n) is 2.32. The zero-order valence-electron chi connectivity index (χ0n) is 10.4. The maximum atomic E-state index is 12.0. The number of nitrogens with zero attached hydrogens (tertiary/aromatic N) is 2. The molecule has 2 aliphatic heterocycles. The van der Waals surface area contributed by atoms with Crippen LogP contribution in [0.4, 0.5) is 0 Å². The van der Waals surface area contributed by atoms with Gasteiger partial charge >= 0.3 is 0 Å². The Hall–Kier alpha value is -0.710. The molecule has 0 aromatic rings. The summed E-state index contributed by atoms with van der Waals surface area (Å²) in [5.41, 5.74) is 0. The first-order valence-electron chi connectivity index (χ1n) is 6.33. The highest BCUT2D eigenvalue weighted by Gasteiger charge is 2.30. The third-order valence-corrected chi connectivity index (χ3v) is 4.63. The van der Waals surface area contributed by atoms with Crippen molar-refractivity contribution < 1.29 is 9.59 Å². The Morgan fingerprint density at radius 3 is 2.88 bits per heavy atom. The lowest BCUT2D eigenvalue weighted by Crippen LogP contribution is -2.47. The van der Waals surface area contributed by atoms with E-state index in [9.17, 15) is 9.59 Å². The molecule has 2 aliphatic rings. The first-order valence-corrected chi connectivity index (χ1v) is 7.37. The van der Waals surface area contributed by atoms with Crippen LogP contribution < -0.4 is 0 Å². The van der Waals surface area contributed by atoms with Crippen molar-refractivity contribution in [2.75, 3.05) is 32.4 Å². The van der Waals surface area contributed by atoms with Crippen molar-refractivity contribution in [1.29, 1.82) is 0 Å². The number of rotatable bonds is 2. The molecule has 2 rings (SSSR count). The predicted octanol–water partition coefficient (Wildman–Crippen LogP) is 0.963. The third-order valence-electron chi connectivity index (χ3n) is 3.45. The summed E-state index contributed by atoms with van der Waals surface area (Å²) < 4.78 is 0. The number of carbonyl (C=O) groups is 2. The summed E-state index contributed by atoms with van der Waals surface area (Å²) in [7, 11) is 1.85. The van der Waals surface area contributed by atoms with Gasteiger partial charge in [0.15, 0.2) is 0 Å². The standard InChI is InChI=1S/C12H20N2O2S/c1-13-7-8-17-10(12(13)16)9-14-6-4-2-3-5-11(14)15/h10H,2-9H2,1H3. The van der Waals surface area contributed by atoms with Gasteiger partial charge in [-0.2, -0.15) is 0 Å². The number of thioether (sulfide) groups is 1. The average molecular weight is 256 g/mol. The number of carbonyl (C=O) groups excluding carboxylic acids is 2. The normalized spacial score (nSPS) is 27.2. The van der Waals surface area contributed by atoms with Crippen LogP contribution in [0.1, 0.15) is 25.7 Å². The molecule has 2 saturated heterocycles. The molecule has 0 aliphatic carbocycles. The Balaban J connectivity index is 1.94. The van der Waals surface area contributed by atoms with Crippen molar-refractivity contribution in [3.8, 4) is 0 Å². The molecule has 1 atom stereocenters. The van der Waals surface area contributed by atoms with Crippen LogP contribution in [0.25, 0.3) is 0 Å². The minimum absolute atomic E-state index is 0.0456. The first kappa shape index (κ1) is 12.7. The van der Waals surface area contributed by atoms with Crippen LogP contribution in [-0.2, 0) is 9.59 Å². The molecular weight excluding hydrogens is 236 g/mol. The van der Waals surface area contributed by atoms with Gasteiger partial charge in [-0.05, 0) is 12.8 Å². The van der Waals surface area contributed by atoms with E-state index in [0.29, 0.717) is 13.0 Å². The number of likely N-dealkylation sites (tertiary alicyclic amines) is 1. The lowest BCUT2D eigenvalue weighted by Gasteiger charge is -2.32. The van der Waals surface area contributed by atoms with Gasteiger partial charge in [-0.15, -0.1) is 11.8 Å². The molecule has 0 aromatic carbocycles. The van der Waals surface area contributed by atoms with Crippen molar-refractivity contribution in [2.24, 2.45) is 0 Å². The van der Waals surface area contributed by atoms with E-state index in [0.717, 1.165) is 38.1 Å². The molecule has 0 bridgehead atoms. The second-order valence-electron chi connectivity index (χ2n) is 4.77. The average Bonchev–Trinajstić information content (AvgIpc) is 2.51.